The lowest BCUT2D eigenvalue weighted by molar-refractivity contribution is -0.107. The molecule has 1 aliphatic heterocycles. The van der Waals surface area contributed by atoms with Crippen molar-refractivity contribution in [1.82, 2.24) is 14.9 Å². The fourth-order valence-electron chi connectivity index (χ4n) is 1.85. The van der Waals surface area contributed by atoms with Crippen LogP contribution in [0.5, 0.6) is 0 Å². The molecule has 6 nitrogen and oxygen atoms in total. The van der Waals surface area contributed by atoms with Gasteiger partial charge in [0.25, 0.3) is 0 Å². The van der Waals surface area contributed by atoms with E-state index in [9.17, 15) is 13.8 Å². The number of hydrogen-bond acceptors (Lipinski definition) is 3. The highest BCUT2D eigenvalue weighted by Gasteiger charge is 2.31. The Morgan fingerprint density at radius 2 is 2.16 bits per heavy atom. The Hall–Kier alpha value is -0.950. The number of nitrogens with one attached hydrogen (secondary N) is 2. The van der Waals surface area contributed by atoms with Crippen LogP contribution in [0.25, 0.3) is 0 Å². The number of urea groups is 1. The van der Waals surface area contributed by atoms with Crippen LogP contribution in [-0.2, 0) is 15.8 Å². The summed E-state index contributed by atoms with van der Waals surface area (Å²) in [5.41, 5.74) is -0.148. The Labute approximate surface area is 116 Å². The summed E-state index contributed by atoms with van der Waals surface area (Å²) in [5, 5.41) is 5.31. The molecule has 1 aliphatic rings. The highest BCUT2D eigenvalue weighted by atomic mass is 32.2. The van der Waals surface area contributed by atoms with Gasteiger partial charge in [0.05, 0.1) is 17.5 Å². The Bertz CT molecular complexity index is 355. The number of hydrogen-bond donors (Lipinski definition) is 2. The highest BCUT2D eigenvalue weighted by molar-refractivity contribution is 7.82. The highest BCUT2D eigenvalue weighted by Crippen LogP contribution is 2.22. The largest absolute Gasteiger partial charge is 0.334 e. The summed E-state index contributed by atoms with van der Waals surface area (Å²) in [6, 6.07) is -0.488. The van der Waals surface area contributed by atoms with Crippen molar-refractivity contribution in [1.29, 1.82) is 0 Å². The van der Waals surface area contributed by atoms with E-state index in [2.05, 4.69) is 10.6 Å². The van der Waals surface area contributed by atoms with Crippen molar-refractivity contribution in [3.63, 3.8) is 0 Å². The molecule has 1 rings (SSSR count). The molecule has 0 spiro atoms. The first kappa shape index (κ1) is 16.1. The van der Waals surface area contributed by atoms with Gasteiger partial charge < -0.3 is 15.4 Å². The van der Waals surface area contributed by atoms with Crippen LogP contribution in [0.3, 0.4) is 0 Å². The lowest BCUT2D eigenvalue weighted by Crippen LogP contribution is -2.53. The average molecular weight is 289 g/mol. The Kier molecular flexibility index (Phi) is 5.93. The van der Waals surface area contributed by atoms with Gasteiger partial charge in [-0.25, -0.2) is 13.3 Å². The van der Waals surface area contributed by atoms with Crippen molar-refractivity contribution in [2.24, 2.45) is 5.41 Å². The van der Waals surface area contributed by atoms with Crippen LogP contribution in [0.4, 0.5) is 4.79 Å². The fourth-order valence-corrected chi connectivity index (χ4v) is 3.14. The van der Waals surface area contributed by atoms with Gasteiger partial charge >= 0.3 is 6.03 Å². The maximum atomic E-state index is 11.8. The molecule has 7 heteroatoms. The van der Waals surface area contributed by atoms with Crippen LogP contribution in [0.2, 0.25) is 0 Å². The zero-order valence-corrected chi connectivity index (χ0v) is 12.6. The topological polar surface area (TPSA) is 78.5 Å². The first-order valence-corrected chi connectivity index (χ1v) is 7.73. The summed E-state index contributed by atoms with van der Waals surface area (Å²) >= 11 is 0. The summed E-state index contributed by atoms with van der Waals surface area (Å²) in [4.78, 5) is 21.9. The van der Waals surface area contributed by atoms with Crippen LogP contribution in [0, 0.1) is 5.41 Å². The quantitative estimate of drug-likeness (QED) is 0.713. The lowest BCUT2D eigenvalue weighted by atomic mass is 9.86. The van der Waals surface area contributed by atoms with E-state index in [0.29, 0.717) is 18.6 Å². The first-order valence-electron chi connectivity index (χ1n) is 6.46. The summed E-state index contributed by atoms with van der Waals surface area (Å²) in [7, 11) is -0.931. The van der Waals surface area contributed by atoms with Gasteiger partial charge in [0.2, 0.25) is 0 Å². The van der Waals surface area contributed by atoms with Gasteiger partial charge in [0, 0.05) is 24.9 Å². The third-order valence-corrected chi connectivity index (χ3v) is 4.64. The van der Waals surface area contributed by atoms with E-state index in [1.807, 2.05) is 25.1 Å². The number of aldehydes is 1. The molecule has 2 N–H and O–H groups in total. The monoisotopic (exact) mass is 289 g/mol. The van der Waals surface area contributed by atoms with Gasteiger partial charge in [-0.3, -0.25) is 0 Å². The van der Waals surface area contributed by atoms with Crippen molar-refractivity contribution >= 4 is 23.3 Å². The SMILES string of the molecule is CC(C)(C)[C@@H](CN1CCCS1=O)NC(=O)NCC=O. The molecular formula is C12H23N3O3S. The minimum atomic E-state index is -0.931. The molecule has 1 unspecified atom stereocenters. The number of nitrogens with zero attached hydrogens (tertiary/aromatic N) is 1. The molecule has 0 aliphatic carbocycles. The van der Waals surface area contributed by atoms with Crippen LogP contribution in [0.1, 0.15) is 27.2 Å². The molecule has 1 heterocycles. The summed E-state index contributed by atoms with van der Waals surface area (Å²) < 4.78 is 13.7. The lowest BCUT2D eigenvalue weighted by Gasteiger charge is -2.33. The molecule has 19 heavy (non-hydrogen) atoms. The normalized spacial score (nSPS) is 21.9. The Balaban J connectivity index is 2.59. The molecule has 0 aromatic rings. The van der Waals surface area contributed by atoms with Gasteiger partial charge in [-0.2, -0.15) is 0 Å². The van der Waals surface area contributed by atoms with E-state index in [-0.39, 0.29) is 24.0 Å². The fraction of sp³-hybridized carbons (Fsp3) is 0.833. The van der Waals surface area contributed by atoms with Gasteiger partial charge in [-0.15, -0.1) is 0 Å². The summed E-state index contributed by atoms with van der Waals surface area (Å²) in [6.07, 6.45) is 1.57. The molecule has 0 saturated carbocycles. The minimum absolute atomic E-state index is 0.00165. The predicted molar refractivity (Wildman–Crippen MR) is 75.0 cm³/mol. The van der Waals surface area contributed by atoms with E-state index < -0.39 is 11.0 Å². The molecule has 1 saturated heterocycles. The van der Waals surface area contributed by atoms with E-state index in [1.54, 1.807) is 0 Å². The molecule has 2 atom stereocenters. The van der Waals surface area contributed by atoms with Crippen molar-refractivity contribution in [2.45, 2.75) is 33.2 Å². The number of rotatable bonds is 5. The molecule has 110 valence electrons. The molecule has 2 amide bonds. The number of carbonyl (C=O) groups excluding carboxylic acids is 2. The van der Waals surface area contributed by atoms with Crippen LogP contribution in [-0.4, -0.2) is 52.3 Å². The average Bonchev–Trinajstić information content (AvgIpc) is 2.70. The van der Waals surface area contributed by atoms with Crippen LogP contribution < -0.4 is 10.6 Å². The Morgan fingerprint density at radius 3 is 2.63 bits per heavy atom. The number of carbonyl (C=O) groups is 2. The first-order chi connectivity index (χ1) is 8.84. The second-order valence-corrected chi connectivity index (χ2v) is 7.27. The third-order valence-electron chi connectivity index (χ3n) is 3.10. The summed E-state index contributed by atoms with van der Waals surface area (Å²) in [5.74, 6) is 0.703. The van der Waals surface area contributed by atoms with Crippen molar-refractivity contribution in [2.75, 3.05) is 25.4 Å². The van der Waals surface area contributed by atoms with Crippen LogP contribution in [0.15, 0.2) is 0 Å². The van der Waals surface area contributed by atoms with Crippen molar-refractivity contribution in [3.05, 3.63) is 0 Å². The van der Waals surface area contributed by atoms with Gasteiger partial charge in [0.15, 0.2) is 0 Å². The van der Waals surface area contributed by atoms with Crippen molar-refractivity contribution in [3.8, 4) is 0 Å². The second-order valence-electron chi connectivity index (χ2n) is 5.71. The van der Waals surface area contributed by atoms with Gasteiger partial charge in [0.1, 0.15) is 6.29 Å². The maximum Gasteiger partial charge on any atom is 0.315 e. The molecule has 0 bridgehead atoms. The zero-order valence-electron chi connectivity index (χ0n) is 11.8. The molecule has 1 fully saturated rings. The van der Waals surface area contributed by atoms with Crippen molar-refractivity contribution < 1.29 is 13.8 Å². The molecule has 0 aromatic heterocycles. The Morgan fingerprint density at radius 1 is 1.47 bits per heavy atom. The van der Waals surface area contributed by atoms with E-state index in [4.69, 9.17) is 0 Å². The minimum Gasteiger partial charge on any atom is -0.334 e. The van der Waals surface area contributed by atoms with Gasteiger partial charge in [-0.1, -0.05) is 20.8 Å². The van der Waals surface area contributed by atoms with E-state index in [0.717, 1.165) is 13.0 Å². The standard InChI is InChI=1S/C12H23N3O3S/c1-12(2,3)10(14-11(17)13-5-7-16)9-15-6-4-8-19(15)18/h7,10H,4-6,8-9H2,1-3H3,(H2,13,14,17)/t10-,19?/m1/s1. The third kappa shape index (κ3) is 5.28. The molecular weight excluding hydrogens is 266 g/mol. The van der Waals surface area contributed by atoms with E-state index >= 15 is 0 Å². The molecule has 0 aromatic carbocycles. The summed E-state index contributed by atoms with van der Waals surface area (Å²) in [6.45, 7) is 7.43. The molecule has 0 radical (unpaired) electrons. The number of amides is 2. The van der Waals surface area contributed by atoms with Gasteiger partial charge in [-0.05, 0) is 11.8 Å². The van der Waals surface area contributed by atoms with Crippen LogP contribution >= 0.6 is 0 Å². The smallest absolute Gasteiger partial charge is 0.315 e. The second kappa shape index (κ2) is 7.00. The zero-order chi connectivity index (χ0) is 14.5. The maximum absolute atomic E-state index is 11.8. The predicted octanol–water partition coefficient (Wildman–Crippen LogP) is 0.269. The van der Waals surface area contributed by atoms with E-state index in [1.165, 1.54) is 0 Å².